The second-order valence-electron chi connectivity index (χ2n) is 6.83. The molecule has 29 heavy (non-hydrogen) atoms. The largest absolute Gasteiger partial charge is 0.308 e. The average Bonchev–Trinajstić information content (AvgIpc) is 3.12. The number of rotatable bonds is 8. The Kier molecular flexibility index (Phi) is 8.96. The van der Waals surface area contributed by atoms with Gasteiger partial charge < -0.3 is 4.90 Å². The number of thiazole rings is 1. The van der Waals surface area contributed by atoms with Gasteiger partial charge >= 0.3 is 0 Å². The molecule has 7 heteroatoms. The third-order valence-electron chi connectivity index (χ3n) is 4.53. The highest BCUT2D eigenvalue weighted by atomic mass is 35.5. The van der Waals surface area contributed by atoms with Gasteiger partial charge in [0.05, 0.1) is 10.2 Å². The number of halogens is 1. The first-order chi connectivity index (χ1) is 13.5. The van der Waals surface area contributed by atoms with Crippen molar-refractivity contribution in [3.63, 3.8) is 0 Å². The van der Waals surface area contributed by atoms with Crippen LogP contribution in [0.3, 0.4) is 0 Å². The van der Waals surface area contributed by atoms with Crippen LogP contribution in [-0.4, -0.2) is 48.7 Å². The number of para-hydroxylation sites is 1. The molecule has 0 bridgehead atoms. The Morgan fingerprint density at radius 1 is 1.07 bits per heavy atom. The van der Waals surface area contributed by atoms with Gasteiger partial charge in [-0.25, -0.2) is 4.98 Å². The smallest absolute Gasteiger partial charge is 0.260 e. The van der Waals surface area contributed by atoms with Crippen LogP contribution in [-0.2, 0) is 6.42 Å². The zero-order chi connectivity index (χ0) is 20.1. The normalized spacial score (nSPS) is 10.9. The van der Waals surface area contributed by atoms with Gasteiger partial charge in [0.1, 0.15) is 0 Å². The molecule has 0 unspecified atom stereocenters. The lowest BCUT2D eigenvalue weighted by Crippen LogP contribution is -2.36. The highest BCUT2D eigenvalue weighted by molar-refractivity contribution is 7.99. The number of aryl methyl sites for hydroxylation is 1. The fourth-order valence-corrected chi connectivity index (χ4v) is 4.69. The maximum Gasteiger partial charge on any atom is 0.260 e. The molecule has 4 nitrogen and oxygen atoms in total. The molecule has 0 fully saturated rings. The molecule has 3 rings (SSSR count). The maximum atomic E-state index is 13.3. The summed E-state index contributed by atoms with van der Waals surface area (Å²) < 4.78 is 1.13. The molecule has 0 radical (unpaired) electrons. The van der Waals surface area contributed by atoms with Crippen molar-refractivity contribution in [2.45, 2.75) is 25.2 Å². The van der Waals surface area contributed by atoms with E-state index in [4.69, 9.17) is 4.98 Å². The van der Waals surface area contributed by atoms with E-state index in [2.05, 4.69) is 36.9 Å². The lowest BCUT2D eigenvalue weighted by Gasteiger charge is -2.22. The van der Waals surface area contributed by atoms with E-state index in [1.165, 1.54) is 10.5 Å². The van der Waals surface area contributed by atoms with Gasteiger partial charge in [0, 0.05) is 23.5 Å². The summed E-state index contributed by atoms with van der Waals surface area (Å²) in [6, 6.07) is 14.2. The third-order valence-corrected chi connectivity index (χ3v) is 6.47. The summed E-state index contributed by atoms with van der Waals surface area (Å²) >= 11 is 3.37. The van der Waals surface area contributed by atoms with Crippen molar-refractivity contribution < 1.29 is 4.79 Å². The van der Waals surface area contributed by atoms with Gasteiger partial charge in [-0.2, -0.15) is 0 Å². The molecule has 0 aliphatic rings. The van der Waals surface area contributed by atoms with Gasteiger partial charge in [0.15, 0.2) is 5.13 Å². The van der Waals surface area contributed by atoms with E-state index in [0.29, 0.717) is 12.1 Å². The Labute approximate surface area is 187 Å². The second-order valence-corrected chi connectivity index (χ2v) is 9.18. The molecule has 3 aromatic rings. The average molecular weight is 450 g/mol. The summed E-state index contributed by atoms with van der Waals surface area (Å²) in [5.41, 5.74) is 2.94. The van der Waals surface area contributed by atoms with E-state index in [0.717, 1.165) is 34.1 Å². The molecule has 0 saturated carbocycles. The van der Waals surface area contributed by atoms with Crippen molar-refractivity contribution in [3.8, 4) is 0 Å². The van der Waals surface area contributed by atoms with Gasteiger partial charge in [0.25, 0.3) is 5.91 Å². The minimum atomic E-state index is 0. The topological polar surface area (TPSA) is 36.4 Å². The van der Waals surface area contributed by atoms with Crippen LogP contribution in [0.15, 0.2) is 47.4 Å². The molecule has 0 aliphatic heterocycles. The van der Waals surface area contributed by atoms with E-state index in [-0.39, 0.29) is 18.3 Å². The van der Waals surface area contributed by atoms with Crippen LogP contribution in [0.2, 0.25) is 0 Å². The molecule has 1 aromatic heterocycles. The number of carbonyl (C=O) groups is 1. The van der Waals surface area contributed by atoms with Crippen molar-refractivity contribution in [2.75, 3.05) is 37.8 Å². The number of thioether (sulfide) groups is 1. The summed E-state index contributed by atoms with van der Waals surface area (Å²) in [6.45, 7) is 5.66. The maximum absolute atomic E-state index is 13.3. The number of aromatic nitrogens is 1. The van der Waals surface area contributed by atoms with Gasteiger partial charge in [0.2, 0.25) is 0 Å². The molecule has 0 atom stereocenters. The molecular weight excluding hydrogens is 422 g/mol. The number of carbonyl (C=O) groups excluding carboxylic acids is 1. The van der Waals surface area contributed by atoms with Gasteiger partial charge in [-0.3, -0.25) is 9.69 Å². The fraction of sp³-hybridized carbons (Fsp3) is 0.364. The lowest BCUT2D eigenvalue weighted by atomic mass is 10.1. The zero-order valence-electron chi connectivity index (χ0n) is 17.3. The summed E-state index contributed by atoms with van der Waals surface area (Å²) in [4.78, 5) is 23.3. The Morgan fingerprint density at radius 3 is 2.41 bits per heavy atom. The SMILES string of the molecule is CCSc1ccc(C(=O)N(CCN(C)C)c2nc3c(CC)cccc3s2)cc1.Cl. The van der Waals surface area contributed by atoms with Crippen LogP contribution in [0, 0.1) is 0 Å². The first-order valence-corrected chi connectivity index (χ1v) is 11.4. The fourth-order valence-electron chi connectivity index (χ4n) is 2.99. The van der Waals surface area contributed by atoms with Crippen LogP contribution in [0.4, 0.5) is 5.13 Å². The van der Waals surface area contributed by atoms with Crippen LogP contribution in [0.25, 0.3) is 10.2 Å². The predicted molar refractivity (Wildman–Crippen MR) is 129 cm³/mol. The van der Waals surface area contributed by atoms with Crippen molar-refractivity contribution in [2.24, 2.45) is 0 Å². The first-order valence-electron chi connectivity index (χ1n) is 9.61. The number of fused-ring (bicyclic) bond motifs is 1. The van der Waals surface area contributed by atoms with Gasteiger partial charge in [-0.1, -0.05) is 37.3 Å². The Bertz CT molecular complexity index is 941. The number of hydrogen-bond donors (Lipinski definition) is 0. The van der Waals surface area contributed by atoms with Crippen molar-refractivity contribution in [1.29, 1.82) is 0 Å². The minimum absolute atomic E-state index is 0. The molecule has 1 amide bonds. The van der Waals surface area contributed by atoms with Crippen molar-refractivity contribution in [1.82, 2.24) is 9.88 Å². The summed E-state index contributed by atoms with van der Waals surface area (Å²) in [6.07, 6.45) is 0.933. The van der Waals surface area contributed by atoms with E-state index in [1.54, 1.807) is 23.1 Å². The summed E-state index contributed by atoms with van der Waals surface area (Å²) in [5, 5.41) is 0.773. The Hall–Kier alpha value is -1.60. The number of anilines is 1. The van der Waals surface area contributed by atoms with E-state index >= 15 is 0 Å². The Balaban J connectivity index is 0.00000300. The quantitative estimate of drug-likeness (QED) is 0.419. The highest BCUT2D eigenvalue weighted by Gasteiger charge is 2.22. The zero-order valence-corrected chi connectivity index (χ0v) is 19.8. The Morgan fingerprint density at radius 2 is 1.79 bits per heavy atom. The minimum Gasteiger partial charge on any atom is -0.308 e. The van der Waals surface area contributed by atoms with Gasteiger partial charge in [-0.15, -0.1) is 24.2 Å². The number of amides is 1. The number of hydrogen-bond acceptors (Lipinski definition) is 5. The molecule has 156 valence electrons. The number of nitrogens with zero attached hydrogens (tertiary/aromatic N) is 3. The molecule has 0 saturated heterocycles. The monoisotopic (exact) mass is 449 g/mol. The number of likely N-dealkylation sites (N-methyl/N-ethyl adjacent to an activating group) is 1. The molecule has 0 N–H and O–H groups in total. The van der Waals surface area contributed by atoms with Crippen LogP contribution in [0.5, 0.6) is 0 Å². The second kappa shape index (κ2) is 11.0. The number of benzene rings is 2. The van der Waals surface area contributed by atoms with Crippen LogP contribution in [0.1, 0.15) is 29.8 Å². The predicted octanol–water partition coefficient (Wildman–Crippen LogP) is 5.60. The summed E-state index contributed by atoms with van der Waals surface area (Å²) in [5.74, 6) is 1.03. The molecule has 2 aromatic carbocycles. The molecule has 0 spiro atoms. The van der Waals surface area contributed by atoms with E-state index in [9.17, 15) is 4.79 Å². The lowest BCUT2D eigenvalue weighted by molar-refractivity contribution is 0.0985. The van der Waals surface area contributed by atoms with Gasteiger partial charge in [-0.05, 0) is 62.2 Å². The molecule has 1 heterocycles. The molecular formula is C22H28ClN3OS2. The van der Waals surface area contributed by atoms with Crippen LogP contribution < -0.4 is 4.90 Å². The first kappa shape index (κ1) is 23.7. The standard InChI is InChI=1S/C22H27N3OS2.ClH/c1-5-16-8-7-9-19-20(16)23-22(28-19)25(15-14-24(3)4)21(26)17-10-12-18(13-11-17)27-6-2;/h7-13H,5-6,14-15H2,1-4H3;1H. The third kappa shape index (κ3) is 5.72. The van der Waals surface area contributed by atoms with Crippen molar-refractivity contribution >= 4 is 56.8 Å². The van der Waals surface area contributed by atoms with Crippen LogP contribution >= 0.6 is 35.5 Å². The van der Waals surface area contributed by atoms with E-state index in [1.807, 2.05) is 43.3 Å². The van der Waals surface area contributed by atoms with Crippen molar-refractivity contribution in [3.05, 3.63) is 53.6 Å². The van der Waals surface area contributed by atoms with E-state index < -0.39 is 0 Å². The summed E-state index contributed by atoms with van der Waals surface area (Å²) in [7, 11) is 4.04. The molecule has 0 aliphatic carbocycles. The highest BCUT2D eigenvalue weighted by Crippen LogP contribution is 2.32.